The predicted molar refractivity (Wildman–Crippen MR) is 241 cm³/mol. The maximum absolute atomic E-state index is 2.47. The van der Waals surface area contributed by atoms with E-state index in [0.29, 0.717) is 0 Å². The number of thiophene rings is 2. The van der Waals surface area contributed by atoms with Gasteiger partial charge in [0.1, 0.15) is 0 Å². The van der Waals surface area contributed by atoms with Gasteiger partial charge in [-0.15, -0.1) is 22.7 Å². The van der Waals surface area contributed by atoms with E-state index in [9.17, 15) is 0 Å². The largest absolute Gasteiger partial charge is 0.309 e. The summed E-state index contributed by atoms with van der Waals surface area (Å²) in [5.74, 6) is 0. The Balaban J connectivity index is 1.16. The molecule has 2 aromatic heterocycles. The van der Waals surface area contributed by atoms with Crippen LogP contribution in [0.3, 0.4) is 0 Å². The lowest BCUT2D eigenvalue weighted by Gasteiger charge is -2.27. The summed E-state index contributed by atoms with van der Waals surface area (Å²) in [5.41, 5.74) is 10.8. The topological polar surface area (TPSA) is 3.24 Å². The Morgan fingerprint density at radius 1 is 0.327 bits per heavy atom. The molecule has 258 valence electrons. The number of rotatable bonds is 6. The third-order valence-corrected chi connectivity index (χ3v) is 13.2. The molecule has 0 atom stereocenters. The molecule has 0 fully saturated rings. The van der Waals surface area contributed by atoms with E-state index in [2.05, 4.69) is 205 Å². The van der Waals surface area contributed by atoms with E-state index in [1.807, 2.05) is 22.7 Å². The molecular formula is C52H33NS2. The fourth-order valence-corrected chi connectivity index (χ4v) is 10.7. The standard InChI is InChI=1S/C52H33NS2/c1-2-13-34(14-3-1)41-32-31-38(33-46(41)43-21-12-26-50-51(43)45-19-7-9-25-49(45)54-50)53(47-23-11-22-44-42-18-6-8-24-48(42)55-52(44)47)37-29-27-36(28-30-37)40-20-10-16-35-15-4-5-17-39(35)40/h1-33H. The summed E-state index contributed by atoms with van der Waals surface area (Å²) in [6.45, 7) is 0. The third-order valence-electron chi connectivity index (χ3n) is 10.9. The Labute approximate surface area is 327 Å². The molecule has 0 spiro atoms. The first-order valence-electron chi connectivity index (χ1n) is 18.7. The van der Waals surface area contributed by atoms with E-state index in [1.54, 1.807) is 0 Å². The van der Waals surface area contributed by atoms with Crippen LogP contribution >= 0.6 is 22.7 Å². The van der Waals surface area contributed by atoms with Gasteiger partial charge >= 0.3 is 0 Å². The number of hydrogen-bond donors (Lipinski definition) is 0. The highest BCUT2D eigenvalue weighted by molar-refractivity contribution is 7.26. The highest BCUT2D eigenvalue weighted by Crippen LogP contribution is 2.48. The van der Waals surface area contributed by atoms with Crippen molar-refractivity contribution in [3.8, 4) is 33.4 Å². The van der Waals surface area contributed by atoms with Crippen molar-refractivity contribution in [2.45, 2.75) is 0 Å². The molecule has 11 rings (SSSR count). The first-order chi connectivity index (χ1) is 27.3. The Kier molecular flexibility index (Phi) is 7.61. The fraction of sp³-hybridized carbons (Fsp3) is 0. The summed E-state index contributed by atoms with van der Waals surface area (Å²) in [6.07, 6.45) is 0. The average molecular weight is 736 g/mol. The number of anilines is 3. The molecule has 55 heavy (non-hydrogen) atoms. The van der Waals surface area contributed by atoms with Crippen LogP contribution in [-0.4, -0.2) is 0 Å². The second-order valence-corrected chi connectivity index (χ2v) is 16.2. The molecule has 9 aromatic carbocycles. The lowest BCUT2D eigenvalue weighted by molar-refractivity contribution is 1.30. The molecule has 0 aliphatic carbocycles. The van der Waals surface area contributed by atoms with Crippen LogP contribution < -0.4 is 4.90 Å². The SMILES string of the molecule is c1ccc(-c2ccc(N(c3ccc(-c4cccc5ccccc45)cc3)c3cccc4c3sc3ccccc34)cc2-c2cccc3sc4ccccc4c23)cc1. The van der Waals surface area contributed by atoms with Gasteiger partial charge in [0.05, 0.1) is 10.4 Å². The van der Waals surface area contributed by atoms with Gasteiger partial charge in [-0.25, -0.2) is 0 Å². The lowest BCUT2D eigenvalue weighted by Crippen LogP contribution is -2.10. The zero-order valence-corrected chi connectivity index (χ0v) is 31.4. The van der Waals surface area contributed by atoms with E-state index in [-0.39, 0.29) is 0 Å². The van der Waals surface area contributed by atoms with Crippen molar-refractivity contribution in [1.29, 1.82) is 0 Å². The first-order valence-corrected chi connectivity index (χ1v) is 20.3. The average Bonchev–Trinajstić information content (AvgIpc) is 3.83. The van der Waals surface area contributed by atoms with Crippen LogP contribution in [0.15, 0.2) is 200 Å². The lowest BCUT2D eigenvalue weighted by atomic mass is 9.91. The molecule has 0 aliphatic heterocycles. The molecule has 0 aliphatic rings. The van der Waals surface area contributed by atoms with Gasteiger partial charge in [-0.1, -0.05) is 152 Å². The monoisotopic (exact) mass is 735 g/mol. The maximum atomic E-state index is 2.47. The minimum atomic E-state index is 1.12. The molecule has 3 heteroatoms. The van der Waals surface area contributed by atoms with E-state index >= 15 is 0 Å². The number of benzene rings is 9. The Morgan fingerprint density at radius 3 is 1.78 bits per heavy atom. The second-order valence-electron chi connectivity index (χ2n) is 14.0. The molecule has 0 bridgehead atoms. The summed E-state index contributed by atoms with van der Waals surface area (Å²) in [4.78, 5) is 2.47. The molecule has 0 saturated heterocycles. The predicted octanol–water partition coefficient (Wildman–Crippen LogP) is 16.0. The molecule has 0 unspecified atom stereocenters. The Morgan fingerprint density at radius 2 is 0.927 bits per heavy atom. The van der Waals surface area contributed by atoms with Crippen molar-refractivity contribution in [2.24, 2.45) is 0 Å². The van der Waals surface area contributed by atoms with E-state index in [0.717, 1.165) is 11.4 Å². The Bertz CT molecular complexity index is 3200. The molecule has 0 amide bonds. The molecule has 1 nitrogen and oxygen atoms in total. The van der Waals surface area contributed by atoms with Crippen LogP contribution in [0, 0.1) is 0 Å². The summed E-state index contributed by atoms with van der Waals surface area (Å²) >= 11 is 3.74. The summed E-state index contributed by atoms with van der Waals surface area (Å²) in [5, 5.41) is 7.72. The number of hydrogen-bond acceptors (Lipinski definition) is 3. The molecule has 0 radical (unpaired) electrons. The summed E-state index contributed by atoms with van der Waals surface area (Å²) in [6, 6.07) is 73.5. The molecule has 0 N–H and O–H groups in total. The molecular weight excluding hydrogens is 703 g/mol. The highest BCUT2D eigenvalue weighted by atomic mass is 32.1. The molecule has 2 heterocycles. The van der Waals surface area contributed by atoms with Crippen LogP contribution in [0.1, 0.15) is 0 Å². The minimum absolute atomic E-state index is 1.12. The van der Waals surface area contributed by atoms with Crippen molar-refractivity contribution >= 4 is 90.9 Å². The van der Waals surface area contributed by atoms with Gasteiger partial charge < -0.3 is 4.90 Å². The van der Waals surface area contributed by atoms with Crippen molar-refractivity contribution in [3.05, 3.63) is 200 Å². The minimum Gasteiger partial charge on any atom is -0.309 e. The van der Waals surface area contributed by atoms with Gasteiger partial charge in [-0.3, -0.25) is 0 Å². The van der Waals surface area contributed by atoms with Gasteiger partial charge in [0.2, 0.25) is 0 Å². The summed E-state index contributed by atoms with van der Waals surface area (Å²) in [7, 11) is 0. The van der Waals surface area contributed by atoms with Gasteiger partial charge in [0.25, 0.3) is 0 Å². The van der Waals surface area contributed by atoms with E-state index in [4.69, 9.17) is 0 Å². The second kappa shape index (κ2) is 13.1. The van der Waals surface area contributed by atoms with Crippen LogP contribution in [0.2, 0.25) is 0 Å². The number of nitrogens with zero attached hydrogens (tertiary/aromatic N) is 1. The third kappa shape index (κ3) is 5.35. The zero-order valence-electron chi connectivity index (χ0n) is 29.8. The Hall–Kier alpha value is -6.52. The number of fused-ring (bicyclic) bond motifs is 7. The van der Waals surface area contributed by atoms with Gasteiger partial charge in [0, 0.05) is 47.0 Å². The van der Waals surface area contributed by atoms with Crippen LogP contribution in [0.25, 0.3) is 84.5 Å². The van der Waals surface area contributed by atoms with Gasteiger partial charge in [-0.05, 0) is 92.7 Å². The van der Waals surface area contributed by atoms with Crippen molar-refractivity contribution < 1.29 is 0 Å². The van der Waals surface area contributed by atoms with Gasteiger partial charge in [0.15, 0.2) is 0 Å². The van der Waals surface area contributed by atoms with Gasteiger partial charge in [-0.2, -0.15) is 0 Å². The van der Waals surface area contributed by atoms with Crippen molar-refractivity contribution in [1.82, 2.24) is 0 Å². The van der Waals surface area contributed by atoms with Crippen LogP contribution in [-0.2, 0) is 0 Å². The fourth-order valence-electron chi connectivity index (χ4n) is 8.37. The quantitative estimate of drug-likeness (QED) is 0.164. The van der Waals surface area contributed by atoms with Crippen LogP contribution in [0.5, 0.6) is 0 Å². The van der Waals surface area contributed by atoms with E-state index in [1.165, 1.54) is 90.2 Å². The zero-order chi connectivity index (χ0) is 36.3. The normalized spacial score (nSPS) is 11.6. The molecule has 0 saturated carbocycles. The van der Waals surface area contributed by atoms with Crippen LogP contribution in [0.4, 0.5) is 17.1 Å². The van der Waals surface area contributed by atoms with Crippen molar-refractivity contribution in [2.75, 3.05) is 4.90 Å². The smallest absolute Gasteiger partial charge is 0.0640 e. The maximum Gasteiger partial charge on any atom is 0.0640 e. The van der Waals surface area contributed by atoms with E-state index < -0.39 is 0 Å². The van der Waals surface area contributed by atoms with Crippen molar-refractivity contribution in [3.63, 3.8) is 0 Å². The highest BCUT2D eigenvalue weighted by Gasteiger charge is 2.22. The first kappa shape index (κ1) is 32.0. The molecule has 11 aromatic rings. The summed E-state index contributed by atoms with van der Waals surface area (Å²) < 4.78 is 5.19.